The molecule has 4 nitrogen and oxygen atoms in total. The molecule has 20 heavy (non-hydrogen) atoms. The standard InChI is InChI=1S/C16H17NO3/c1-2-14(17)11-3-5-12(6-4-11)20-13-7-8-15-16(9-13)19-10-18-15/h3-9,14H,2,10,17H2,1H3/t14-/m0/s1. The van der Waals surface area contributed by atoms with Gasteiger partial charge in [0.1, 0.15) is 11.5 Å². The summed E-state index contributed by atoms with van der Waals surface area (Å²) >= 11 is 0. The summed E-state index contributed by atoms with van der Waals surface area (Å²) in [5, 5.41) is 0. The second-order valence-corrected chi connectivity index (χ2v) is 4.70. The van der Waals surface area contributed by atoms with E-state index in [4.69, 9.17) is 19.9 Å². The average molecular weight is 271 g/mol. The van der Waals surface area contributed by atoms with Crippen LogP contribution in [0.4, 0.5) is 0 Å². The van der Waals surface area contributed by atoms with Crippen LogP contribution < -0.4 is 19.9 Å². The van der Waals surface area contributed by atoms with Gasteiger partial charge in [-0.2, -0.15) is 0 Å². The van der Waals surface area contributed by atoms with E-state index in [1.54, 1.807) is 0 Å². The molecule has 1 atom stereocenters. The van der Waals surface area contributed by atoms with Gasteiger partial charge in [0.15, 0.2) is 11.5 Å². The Kier molecular flexibility index (Phi) is 3.48. The molecule has 104 valence electrons. The molecule has 0 aliphatic carbocycles. The van der Waals surface area contributed by atoms with Gasteiger partial charge in [0.05, 0.1) is 0 Å². The minimum absolute atomic E-state index is 0.0783. The molecule has 1 aliphatic rings. The van der Waals surface area contributed by atoms with E-state index in [2.05, 4.69) is 6.92 Å². The molecule has 2 aromatic rings. The molecule has 0 saturated heterocycles. The van der Waals surface area contributed by atoms with Crippen molar-refractivity contribution < 1.29 is 14.2 Å². The summed E-state index contributed by atoms with van der Waals surface area (Å²) in [5.74, 6) is 2.96. The van der Waals surface area contributed by atoms with Gasteiger partial charge in [-0.25, -0.2) is 0 Å². The van der Waals surface area contributed by atoms with Crippen molar-refractivity contribution in [3.05, 3.63) is 48.0 Å². The number of ether oxygens (including phenoxy) is 3. The van der Waals surface area contributed by atoms with Gasteiger partial charge in [0.25, 0.3) is 0 Å². The van der Waals surface area contributed by atoms with E-state index in [0.717, 1.165) is 29.2 Å². The van der Waals surface area contributed by atoms with Gasteiger partial charge in [0, 0.05) is 12.1 Å². The summed E-state index contributed by atoms with van der Waals surface area (Å²) in [6.07, 6.45) is 0.919. The van der Waals surface area contributed by atoms with Crippen molar-refractivity contribution in [1.82, 2.24) is 0 Å². The topological polar surface area (TPSA) is 53.7 Å². The SMILES string of the molecule is CC[C@H](N)c1ccc(Oc2ccc3c(c2)OCO3)cc1. The maximum Gasteiger partial charge on any atom is 0.231 e. The lowest BCUT2D eigenvalue weighted by atomic mass is 10.1. The lowest BCUT2D eigenvalue weighted by Crippen LogP contribution is -2.07. The molecule has 0 saturated carbocycles. The largest absolute Gasteiger partial charge is 0.457 e. The number of hydrogen-bond donors (Lipinski definition) is 1. The third-order valence-corrected chi connectivity index (χ3v) is 3.33. The molecule has 4 heteroatoms. The normalized spacial score (nSPS) is 14.1. The summed E-state index contributed by atoms with van der Waals surface area (Å²) in [7, 11) is 0. The second-order valence-electron chi connectivity index (χ2n) is 4.70. The lowest BCUT2D eigenvalue weighted by Gasteiger charge is -2.11. The summed E-state index contributed by atoms with van der Waals surface area (Å²) in [6.45, 7) is 2.34. The molecule has 2 aromatic carbocycles. The van der Waals surface area contributed by atoms with Crippen LogP contribution in [0, 0.1) is 0 Å². The Balaban J connectivity index is 1.74. The summed E-state index contributed by atoms with van der Waals surface area (Å²) in [5.41, 5.74) is 7.10. The highest BCUT2D eigenvalue weighted by Gasteiger charge is 2.14. The Hall–Kier alpha value is -2.20. The minimum Gasteiger partial charge on any atom is -0.457 e. The van der Waals surface area contributed by atoms with Crippen LogP contribution in [0.3, 0.4) is 0 Å². The number of hydrogen-bond acceptors (Lipinski definition) is 4. The van der Waals surface area contributed by atoms with E-state index in [-0.39, 0.29) is 12.8 Å². The van der Waals surface area contributed by atoms with Crippen LogP contribution in [-0.4, -0.2) is 6.79 Å². The van der Waals surface area contributed by atoms with E-state index in [1.165, 1.54) is 0 Å². The highest BCUT2D eigenvalue weighted by Crippen LogP contribution is 2.36. The van der Waals surface area contributed by atoms with Crippen molar-refractivity contribution in [3.63, 3.8) is 0 Å². The molecule has 0 fully saturated rings. The fourth-order valence-electron chi connectivity index (χ4n) is 2.10. The lowest BCUT2D eigenvalue weighted by molar-refractivity contribution is 0.174. The van der Waals surface area contributed by atoms with Crippen LogP contribution in [0.25, 0.3) is 0 Å². The first-order chi connectivity index (χ1) is 9.76. The van der Waals surface area contributed by atoms with Crippen LogP contribution in [0.1, 0.15) is 24.9 Å². The first-order valence-corrected chi connectivity index (χ1v) is 6.69. The Labute approximate surface area is 118 Å². The molecule has 0 aromatic heterocycles. The fraction of sp³-hybridized carbons (Fsp3) is 0.250. The number of fused-ring (bicyclic) bond motifs is 1. The van der Waals surface area contributed by atoms with Crippen molar-refractivity contribution >= 4 is 0 Å². The molecular weight excluding hydrogens is 254 g/mol. The molecule has 0 radical (unpaired) electrons. The molecule has 3 rings (SSSR count). The van der Waals surface area contributed by atoms with Crippen LogP contribution in [0.5, 0.6) is 23.0 Å². The molecule has 0 bridgehead atoms. The molecule has 2 N–H and O–H groups in total. The predicted molar refractivity (Wildman–Crippen MR) is 76.3 cm³/mol. The van der Waals surface area contributed by atoms with Crippen LogP contribution in [-0.2, 0) is 0 Å². The second kappa shape index (κ2) is 5.43. The molecule has 0 amide bonds. The minimum atomic E-state index is 0.0783. The maximum atomic E-state index is 5.99. The third kappa shape index (κ3) is 2.56. The zero-order chi connectivity index (χ0) is 13.9. The van der Waals surface area contributed by atoms with Gasteiger partial charge >= 0.3 is 0 Å². The monoisotopic (exact) mass is 271 g/mol. The number of rotatable bonds is 4. The molecule has 0 unspecified atom stereocenters. The summed E-state index contributed by atoms with van der Waals surface area (Å²) in [6, 6.07) is 13.5. The van der Waals surface area contributed by atoms with Gasteiger partial charge in [-0.15, -0.1) is 0 Å². The fourth-order valence-corrected chi connectivity index (χ4v) is 2.10. The van der Waals surface area contributed by atoms with Crippen molar-refractivity contribution in [3.8, 4) is 23.0 Å². The van der Waals surface area contributed by atoms with Crippen LogP contribution in [0.15, 0.2) is 42.5 Å². The first-order valence-electron chi connectivity index (χ1n) is 6.69. The van der Waals surface area contributed by atoms with E-state index in [9.17, 15) is 0 Å². The van der Waals surface area contributed by atoms with E-state index in [0.29, 0.717) is 5.75 Å². The van der Waals surface area contributed by atoms with Gasteiger partial charge in [-0.3, -0.25) is 0 Å². The van der Waals surface area contributed by atoms with E-state index in [1.807, 2.05) is 42.5 Å². The van der Waals surface area contributed by atoms with Gasteiger partial charge in [-0.05, 0) is 36.2 Å². The van der Waals surface area contributed by atoms with Crippen LogP contribution in [0.2, 0.25) is 0 Å². The van der Waals surface area contributed by atoms with Crippen molar-refractivity contribution in [2.24, 2.45) is 5.73 Å². The zero-order valence-corrected chi connectivity index (χ0v) is 11.3. The highest BCUT2D eigenvalue weighted by molar-refractivity contribution is 5.48. The van der Waals surface area contributed by atoms with Crippen molar-refractivity contribution in [1.29, 1.82) is 0 Å². The molecule has 1 aliphatic heterocycles. The zero-order valence-electron chi connectivity index (χ0n) is 11.3. The Morgan fingerprint density at radius 2 is 1.75 bits per heavy atom. The first kappa shape index (κ1) is 12.8. The van der Waals surface area contributed by atoms with Crippen molar-refractivity contribution in [2.45, 2.75) is 19.4 Å². The van der Waals surface area contributed by atoms with Gasteiger partial charge < -0.3 is 19.9 Å². The van der Waals surface area contributed by atoms with E-state index >= 15 is 0 Å². The summed E-state index contributed by atoms with van der Waals surface area (Å²) < 4.78 is 16.4. The number of nitrogens with two attached hydrogens (primary N) is 1. The Bertz CT molecular complexity index is 595. The maximum absolute atomic E-state index is 5.99. The predicted octanol–water partition coefficient (Wildman–Crippen LogP) is 3.62. The molecule has 1 heterocycles. The number of benzene rings is 2. The Morgan fingerprint density at radius 3 is 2.50 bits per heavy atom. The van der Waals surface area contributed by atoms with E-state index < -0.39 is 0 Å². The molecule has 0 spiro atoms. The smallest absolute Gasteiger partial charge is 0.231 e. The molecular formula is C16H17NO3. The quantitative estimate of drug-likeness (QED) is 0.922. The van der Waals surface area contributed by atoms with Gasteiger partial charge in [0.2, 0.25) is 6.79 Å². The summed E-state index contributed by atoms with van der Waals surface area (Å²) in [4.78, 5) is 0. The highest BCUT2D eigenvalue weighted by atomic mass is 16.7. The van der Waals surface area contributed by atoms with Crippen molar-refractivity contribution in [2.75, 3.05) is 6.79 Å². The van der Waals surface area contributed by atoms with Crippen LogP contribution >= 0.6 is 0 Å². The van der Waals surface area contributed by atoms with Gasteiger partial charge in [-0.1, -0.05) is 19.1 Å². The third-order valence-electron chi connectivity index (χ3n) is 3.33. The average Bonchev–Trinajstić information content (AvgIpc) is 2.95. The Morgan fingerprint density at radius 1 is 1.05 bits per heavy atom.